The van der Waals surface area contributed by atoms with Gasteiger partial charge in [-0.25, -0.2) is 4.98 Å². The average Bonchev–Trinajstić information content (AvgIpc) is 3.31. The second-order valence-corrected chi connectivity index (χ2v) is 8.73. The molecule has 27 heavy (non-hydrogen) atoms. The van der Waals surface area contributed by atoms with Crippen LogP contribution in [-0.4, -0.2) is 20.4 Å². The van der Waals surface area contributed by atoms with E-state index in [2.05, 4.69) is 15.6 Å². The highest BCUT2D eigenvalue weighted by atomic mass is 35.5. The third-order valence-electron chi connectivity index (χ3n) is 4.53. The topological polar surface area (TPSA) is 58.7 Å². The van der Waals surface area contributed by atoms with Crippen LogP contribution in [0.5, 0.6) is 0 Å². The Balaban J connectivity index is 1.71. The van der Waals surface area contributed by atoms with Crippen molar-refractivity contribution in [3.8, 4) is 5.69 Å². The van der Waals surface area contributed by atoms with Crippen molar-refractivity contribution >= 4 is 51.6 Å². The number of aryl methyl sites for hydroxylation is 1. The summed E-state index contributed by atoms with van der Waals surface area (Å²) in [5, 5.41) is 11.8. The molecule has 0 bridgehead atoms. The molecule has 3 heterocycles. The third-order valence-corrected chi connectivity index (χ3v) is 6.61. The van der Waals surface area contributed by atoms with Crippen molar-refractivity contribution in [2.45, 2.75) is 19.8 Å². The van der Waals surface area contributed by atoms with Gasteiger partial charge in [0.1, 0.15) is 10.9 Å². The minimum atomic E-state index is -0.555. The maximum Gasteiger partial charge on any atom is 0.186 e. The molecule has 0 spiro atoms. The predicted octanol–water partition coefficient (Wildman–Crippen LogP) is 5.62. The minimum absolute atomic E-state index is 0.0451. The maximum atomic E-state index is 12.8. The second kappa shape index (κ2) is 7.11. The minimum Gasteiger partial charge on any atom is -0.318 e. The normalized spacial score (nSPS) is 18.6. The van der Waals surface area contributed by atoms with Crippen molar-refractivity contribution in [2.75, 3.05) is 0 Å². The molecule has 0 radical (unpaired) electrons. The molecule has 7 heteroatoms. The SMILES string of the molecule is Cc1cc(C=C2SC(=N)C(c3nccs3)C2=O)c(C)n1-c1ccc(Cl)cc1. The Hall–Kier alpha value is -2.15. The number of hydrogen-bond donors (Lipinski definition) is 1. The number of benzene rings is 1. The van der Waals surface area contributed by atoms with Gasteiger partial charge in [-0.2, -0.15) is 0 Å². The average molecular weight is 414 g/mol. The third kappa shape index (κ3) is 3.29. The Morgan fingerprint density at radius 1 is 1.26 bits per heavy atom. The van der Waals surface area contributed by atoms with Crippen LogP contribution in [0.2, 0.25) is 5.02 Å². The summed E-state index contributed by atoms with van der Waals surface area (Å²) in [7, 11) is 0. The van der Waals surface area contributed by atoms with Gasteiger partial charge in [0.25, 0.3) is 0 Å². The van der Waals surface area contributed by atoms with Crippen molar-refractivity contribution in [2.24, 2.45) is 0 Å². The number of allylic oxidation sites excluding steroid dienone is 1. The van der Waals surface area contributed by atoms with Gasteiger partial charge in [-0.1, -0.05) is 23.4 Å². The van der Waals surface area contributed by atoms with Crippen molar-refractivity contribution < 1.29 is 4.79 Å². The number of Topliss-reactive ketones (excluding diaryl/α,β-unsaturated/α-hetero) is 1. The van der Waals surface area contributed by atoms with Crippen LogP contribution in [0.1, 0.15) is 27.9 Å². The van der Waals surface area contributed by atoms with Gasteiger partial charge in [0.15, 0.2) is 5.78 Å². The molecular formula is C20H16ClN3OS2. The number of ketones is 1. The fraction of sp³-hybridized carbons (Fsp3) is 0.150. The van der Waals surface area contributed by atoms with Gasteiger partial charge in [-0.3, -0.25) is 10.2 Å². The predicted molar refractivity (Wildman–Crippen MR) is 113 cm³/mol. The van der Waals surface area contributed by atoms with E-state index in [1.54, 1.807) is 6.20 Å². The number of halogens is 1. The maximum absolute atomic E-state index is 12.8. The quantitative estimate of drug-likeness (QED) is 0.566. The summed E-state index contributed by atoms with van der Waals surface area (Å²) in [4.78, 5) is 17.7. The van der Waals surface area contributed by atoms with Crippen molar-refractivity contribution in [3.05, 3.63) is 73.8 Å². The summed E-state index contributed by atoms with van der Waals surface area (Å²) in [5.74, 6) is -0.600. The lowest BCUT2D eigenvalue weighted by atomic mass is 10.1. The van der Waals surface area contributed by atoms with Crippen molar-refractivity contribution in [1.82, 2.24) is 9.55 Å². The zero-order valence-electron chi connectivity index (χ0n) is 14.7. The zero-order chi connectivity index (χ0) is 19.1. The first kappa shape index (κ1) is 18.2. The van der Waals surface area contributed by atoms with E-state index in [-0.39, 0.29) is 5.78 Å². The molecule has 1 aliphatic rings. The van der Waals surface area contributed by atoms with Crippen molar-refractivity contribution in [3.63, 3.8) is 0 Å². The first-order valence-corrected chi connectivity index (χ1v) is 10.4. The Kier molecular flexibility index (Phi) is 4.80. The molecule has 0 saturated carbocycles. The molecule has 3 aromatic rings. The Morgan fingerprint density at radius 2 is 2.00 bits per heavy atom. The second-order valence-electron chi connectivity index (χ2n) is 6.28. The van der Waals surface area contributed by atoms with E-state index in [1.807, 2.05) is 49.6 Å². The zero-order valence-corrected chi connectivity index (χ0v) is 17.1. The Morgan fingerprint density at radius 3 is 2.67 bits per heavy atom. The van der Waals surface area contributed by atoms with Crippen LogP contribution in [0.25, 0.3) is 11.8 Å². The lowest BCUT2D eigenvalue weighted by Crippen LogP contribution is -2.11. The highest BCUT2D eigenvalue weighted by molar-refractivity contribution is 8.19. The smallest absolute Gasteiger partial charge is 0.186 e. The van der Waals surface area contributed by atoms with E-state index in [0.717, 1.165) is 22.6 Å². The first-order chi connectivity index (χ1) is 13.0. The summed E-state index contributed by atoms with van der Waals surface area (Å²) >= 11 is 8.65. The number of carbonyl (C=O) groups is 1. The summed E-state index contributed by atoms with van der Waals surface area (Å²) in [6, 6.07) is 9.74. The van der Waals surface area contributed by atoms with Crippen LogP contribution in [0.4, 0.5) is 0 Å². The van der Waals surface area contributed by atoms with Crippen LogP contribution in [0, 0.1) is 19.3 Å². The molecule has 1 unspecified atom stereocenters. The fourth-order valence-corrected chi connectivity index (χ4v) is 5.18. The van der Waals surface area contributed by atoms with Crippen LogP contribution in [-0.2, 0) is 4.79 Å². The van der Waals surface area contributed by atoms with Gasteiger partial charge in [0.05, 0.1) is 9.95 Å². The number of thioether (sulfide) groups is 1. The number of aromatic nitrogens is 2. The van der Waals surface area contributed by atoms with E-state index < -0.39 is 5.92 Å². The van der Waals surface area contributed by atoms with Crippen LogP contribution >= 0.6 is 34.7 Å². The van der Waals surface area contributed by atoms with Gasteiger partial charge in [-0.15, -0.1) is 11.3 Å². The molecule has 0 aliphatic carbocycles. The van der Waals surface area contributed by atoms with Gasteiger partial charge in [0.2, 0.25) is 0 Å². The first-order valence-electron chi connectivity index (χ1n) is 8.32. The number of nitrogens with one attached hydrogen (secondary N) is 1. The molecule has 136 valence electrons. The molecule has 1 aliphatic heterocycles. The highest BCUT2D eigenvalue weighted by Crippen LogP contribution is 2.41. The highest BCUT2D eigenvalue weighted by Gasteiger charge is 2.38. The number of hydrogen-bond acceptors (Lipinski definition) is 5. The standard InChI is InChI=1S/C20H16ClN3OS2/c1-11-9-13(12(2)24(11)15-5-3-14(21)4-6-15)10-16-18(25)17(19(22)27-16)20-23-7-8-26-20/h3-10,17,22H,1-2H3. The summed E-state index contributed by atoms with van der Waals surface area (Å²) in [6.45, 7) is 4.06. The van der Waals surface area contributed by atoms with Crippen molar-refractivity contribution in [1.29, 1.82) is 5.41 Å². The molecule has 1 aromatic carbocycles. The molecule has 0 amide bonds. The lowest BCUT2D eigenvalue weighted by Gasteiger charge is -2.09. The van der Waals surface area contributed by atoms with Gasteiger partial charge in [0, 0.05) is 33.7 Å². The molecule has 2 aromatic heterocycles. The monoisotopic (exact) mass is 413 g/mol. The van der Waals surface area contributed by atoms with Gasteiger partial charge in [-0.05, 0) is 55.8 Å². The van der Waals surface area contributed by atoms with E-state index in [1.165, 1.54) is 23.1 Å². The fourth-order valence-electron chi connectivity index (χ4n) is 3.25. The van der Waals surface area contributed by atoms with E-state index in [9.17, 15) is 4.79 Å². The van der Waals surface area contributed by atoms with E-state index >= 15 is 0 Å². The van der Waals surface area contributed by atoms with E-state index in [4.69, 9.17) is 17.0 Å². The largest absolute Gasteiger partial charge is 0.318 e. The Labute approximate surface area is 170 Å². The molecule has 1 saturated heterocycles. The van der Waals surface area contributed by atoms with Crippen LogP contribution in [0.15, 0.2) is 46.8 Å². The van der Waals surface area contributed by atoms with Crippen LogP contribution < -0.4 is 0 Å². The summed E-state index contributed by atoms with van der Waals surface area (Å²) in [5.41, 5.74) is 4.12. The lowest BCUT2D eigenvalue weighted by molar-refractivity contribution is -0.114. The summed E-state index contributed by atoms with van der Waals surface area (Å²) in [6.07, 6.45) is 3.57. The number of thiazole rings is 1. The summed E-state index contributed by atoms with van der Waals surface area (Å²) < 4.78 is 2.14. The van der Waals surface area contributed by atoms with Crippen LogP contribution in [0.3, 0.4) is 0 Å². The van der Waals surface area contributed by atoms with E-state index in [0.29, 0.717) is 20.0 Å². The molecular weight excluding hydrogens is 398 g/mol. The number of rotatable bonds is 3. The molecule has 1 N–H and O–H groups in total. The number of nitrogens with zero attached hydrogens (tertiary/aromatic N) is 2. The molecule has 4 rings (SSSR count). The van der Waals surface area contributed by atoms with Gasteiger partial charge < -0.3 is 4.57 Å². The number of carbonyl (C=O) groups excluding carboxylic acids is 1. The van der Waals surface area contributed by atoms with Gasteiger partial charge >= 0.3 is 0 Å². The molecule has 4 nitrogen and oxygen atoms in total. The Bertz CT molecular complexity index is 1070. The molecule has 1 fully saturated rings. The molecule has 1 atom stereocenters.